The van der Waals surface area contributed by atoms with Gasteiger partial charge >= 0.3 is 6.09 Å². The van der Waals surface area contributed by atoms with E-state index in [-0.39, 0.29) is 10.2 Å². The highest BCUT2D eigenvalue weighted by Gasteiger charge is 2.17. The Morgan fingerprint density at radius 3 is 2.83 bits per heavy atom. The molecule has 10 heteroatoms. The van der Waals surface area contributed by atoms with Gasteiger partial charge in [-0.15, -0.1) is 11.3 Å². The topological polar surface area (TPSA) is 115 Å². The quantitative estimate of drug-likeness (QED) is 0.667. The molecule has 3 N–H and O–H groups in total. The number of benzene rings is 1. The zero-order chi connectivity index (χ0) is 16.6. The number of amides is 1. The van der Waals surface area contributed by atoms with Crippen LogP contribution in [0.1, 0.15) is 0 Å². The lowest BCUT2D eigenvalue weighted by molar-refractivity contribution is 0.203. The van der Waals surface area contributed by atoms with Crippen LogP contribution in [0.3, 0.4) is 0 Å². The molecule has 8 nitrogen and oxygen atoms in total. The van der Waals surface area contributed by atoms with Gasteiger partial charge in [-0.25, -0.2) is 18.2 Å². The summed E-state index contributed by atoms with van der Waals surface area (Å²) >= 11 is 1.12. The van der Waals surface area contributed by atoms with Gasteiger partial charge in [-0.3, -0.25) is 9.62 Å². The molecule has 2 aromatic heterocycles. The first-order valence-electron chi connectivity index (χ1n) is 6.39. The second-order valence-electron chi connectivity index (χ2n) is 4.67. The normalized spacial score (nSPS) is 11.5. The highest BCUT2D eigenvalue weighted by atomic mass is 32.2. The Morgan fingerprint density at radius 2 is 2.17 bits per heavy atom. The molecule has 0 bridgehead atoms. The summed E-state index contributed by atoms with van der Waals surface area (Å²) in [6.45, 7) is 0. The molecular formula is C13H12N4O4S2. The summed E-state index contributed by atoms with van der Waals surface area (Å²) in [7, 11) is -2.27. The third-order valence-electron chi connectivity index (χ3n) is 3.09. The van der Waals surface area contributed by atoms with Crippen molar-refractivity contribution in [1.82, 2.24) is 9.97 Å². The van der Waals surface area contributed by atoms with Crippen LogP contribution < -0.4 is 9.62 Å². The van der Waals surface area contributed by atoms with Crippen LogP contribution in [0, 0.1) is 0 Å². The molecule has 2 heterocycles. The summed E-state index contributed by atoms with van der Waals surface area (Å²) in [5.74, 6) is 0.158. The van der Waals surface area contributed by atoms with Crippen LogP contribution in [-0.4, -0.2) is 36.6 Å². The van der Waals surface area contributed by atoms with Gasteiger partial charge in [0.25, 0.3) is 10.0 Å². The van der Waals surface area contributed by atoms with Gasteiger partial charge in [0.2, 0.25) is 5.95 Å². The zero-order valence-corrected chi connectivity index (χ0v) is 13.5. The van der Waals surface area contributed by atoms with Gasteiger partial charge in [-0.1, -0.05) is 6.07 Å². The molecule has 1 aromatic carbocycles. The molecule has 23 heavy (non-hydrogen) atoms. The number of imidazole rings is 1. The Morgan fingerprint density at radius 1 is 1.39 bits per heavy atom. The number of hydrogen-bond acceptors (Lipinski definition) is 5. The fourth-order valence-corrected chi connectivity index (χ4v) is 3.97. The number of rotatable bonds is 4. The SMILES string of the molecule is CN(C(=O)O)c1nc2ccc(NS(=O)(=O)c3cccs3)cc2[nH]1. The van der Waals surface area contributed by atoms with Gasteiger partial charge in [0, 0.05) is 7.05 Å². The summed E-state index contributed by atoms with van der Waals surface area (Å²) in [4.78, 5) is 18.9. The maximum atomic E-state index is 12.2. The van der Waals surface area contributed by atoms with Gasteiger partial charge in [0.15, 0.2) is 0 Å². The van der Waals surface area contributed by atoms with Crippen LogP contribution in [0.5, 0.6) is 0 Å². The van der Waals surface area contributed by atoms with E-state index < -0.39 is 16.1 Å². The second kappa shape index (κ2) is 5.56. The van der Waals surface area contributed by atoms with E-state index in [4.69, 9.17) is 5.11 Å². The van der Waals surface area contributed by atoms with Gasteiger partial charge < -0.3 is 10.1 Å². The molecule has 120 valence electrons. The lowest BCUT2D eigenvalue weighted by Gasteiger charge is -2.07. The van der Waals surface area contributed by atoms with Gasteiger partial charge in [0.05, 0.1) is 16.7 Å². The van der Waals surface area contributed by atoms with Gasteiger partial charge in [-0.05, 0) is 29.6 Å². The molecule has 0 saturated carbocycles. The number of nitrogens with zero attached hydrogens (tertiary/aromatic N) is 2. The minimum absolute atomic E-state index is 0.158. The van der Waals surface area contributed by atoms with Gasteiger partial charge in [0.1, 0.15) is 4.21 Å². The van der Waals surface area contributed by atoms with Crippen molar-refractivity contribution in [3.8, 4) is 0 Å². The molecule has 1 amide bonds. The molecule has 0 unspecified atom stereocenters. The van der Waals surface area contributed by atoms with Crippen molar-refractivity contribution in [2.75, 3.05) is 16.7 Å². The fraction of sp³-hybridized carbons (Fsp3) is 0.0769. The first kappa shape index (κ1) is 15.3. The van der Waals surface area contributed by atoms with Crippen molar-refractivity contribution in [3.63, 3.8) is 0 Å². The third kappa shape index (κ3) is 2.98. The molecule has 0 atom stereocenters. The largest absolute Gasteiger partial charge is 0.465 e. The lowest BCUT2D eigenvalue weighted by atomic mass is 10.3. The van der Waals surface area contributed by atoms with Crippen LogP contribution in [0.4, 0.5) is 16.4 Å². The second-order valence-corrected chi connectivity index (χ2v) is 7.53. The predicted molar refractivity (Wildman–Crippen MR) is 87.6 cm³/mol. The number of thiophene rings is 1. The Hall–Kier alpha value is -2.59. The summed E-state index contributed by atoms with van der Waals surface area (Å²) < 4.78 is 27.1. The molecular weight excluding hydrogens is 340 g/mol. The first-order valence-corrected chi connectivity index (χ1v) is 8.76. The summed E-state index contributed by atoms with van der Waals surface area (Å²) in [6, 6.07) is 7.91. The standard InChI is InChI=1S/C13H12N4O4S2/c1-17(13(18)19)12-14-9-5-4-8(7-10(9)15-12)16-23(20,21)11-3-2-6-22-11/h2-7,16H,1H3,(H,14,15)(H,18,19). The van der Waals surface area contributed by atoms with E-state index >= 15 is 0 Å². The number of fused-ring (bicyclic) bond motifs is 1. The highest BCUT2D eigenvalue weighted by molar-refractivity contribution is 7.94. The van der Waals surface area contributed by atoms with E-state index in [1.165, 1.54) is 13.1 Å². The number of aromatic amines is 1. The lowest BCUT2D eigenvalue weighted by Crippen LogP contribution is -2.24. The third-order valence-corrected chi connectivity index (χ3v) is 5.86. The first-order chi connectivity index (χ1) is 10.9. The average molecular weight is 352 g/mol. The van der Waals surface area contributed by atoms with Crippen molar-refractivity contribution in [3.05, 3.63) is 35.7 Å². The Bertz CT molecular complexity index is 963. The minimum atomic E-state index is -3.63. The van der Waals surface area contributed by atoms with Crippen molar-refractivity contribution in [1.29, 1.82) is 0 Å². The predicted octanol–water partition coefficient (Wildman–Crippen LogP) is 2.54. The van der Waals surface area contributed by atoms with E-state index in [1.807, 2.05) is 0 Å². The minimum Gasteiger partial charge on any atom is -0.465 e. The van der Waals surface area contributed by atoms with Crippen LogP contribution in [0.25, 0.3) is 11.0 Å². The van der Waals surface area contributed by atoms with Crippen LogP contribution in [0.2, 0.25) is 0 Å². The molecule has 0 aliphatic rings. The average Bonchev–Trinajstić information content (AvgIpc) is 3.15. The number of carboxylic acid groups (broad SMARTS) is 1. The number of aromatic nitrogens is 2. The van der Waals surface area contributed by atoms with Crippen LogP contribution in [-0.2, 0) is 10.0 Å². The molecule has 3 rings (SSSR count). The van der Waals surface area contributed by atoms with E-state index in [1.54, 1.807) is 29.6 Å². The smallest absolute Gasteiger partial charge is 0.413 e. The zero-order valence-electron chi connectivity index (χ0n) is 11.8. The number of carbonyl (C=O) groups is 1. The highest BCUT2D eigenvalue weighted by Crippen LogP contribution is 2.24. The summed E-state index contributed by atoms with van der Waals surface area (Å²) in [6.07, 6.45) is -1.15. The number of H-pyrrole nitrogens is 1. The molecule has 0 spiro atoms. The van der Waals surface area contributed by atoms with Crippen LogP contribution in [0.15, 0.2) is 39.9 Å². The summed E-state index contributed by atoms with van der Waals surface area (Å²) in [5.41, 5.74) is 1.42. The van der Waals surface area contributed by atoms with E-state index in [9.17, 15) is 13.2 Å². The van der Waals surface area contributed by atoms with Crippen molar-refractivity contribution >= 4 is 50.1 Å². The molecule has 0 fully saturated rings. The van der Waals surface area contributed by atoms with E-state index in [2.05, 4.69) is 14.7 Å². The Labute approximate surface area is 135 Å². The van der Waals surface area contributed by atoms with Crippen LogP contribution >= 0.6 is 11.3 Å². The molecule has 0 aliphatic carbocycles. The van der Waals surface area contributed by atoms with Crippen molar-refractivity contribution in [2.45, 2.75) is 4.21 Å². The van der Waals surface area contributed by atoms with E-state index in [0.29, 0.717) is 16.7 Å². The molecule has 0 saturated heterocycles. The molecule has 3 aromatic rings. The number of hydrogen-bond donors (Lipinski definition) is 3. The van der Waals surface area contributed by atoms with Crippen molar-refractivity contribution < 1.29 is 18.3 Å². The number of anilines is 2. The van der Waals surface area contributed by atoms with Crippen molar-refractivity contribution in [2.24, 2.45) is 0 Å². The van der Waals surface area contributed by atoms with E-state index in [0.717, 1.165) is 16.2 Å². The summed E-state index contributed by atoms with van der Waals surface area (Å²) in [5, 5.41) is 10.6. The Balaban J connectivity index is 1.93. The van der Waals surface area contributed by atoms with Gasteiger partial charge in [-0.2, -0.15) is 0 Å². The maximum Gasteiger partial charge on any atom is 0.413 e. The maximum absolute atomic E-state index is 12.2. The fourth-order valence-electron chi connectivity index (χ4n) is 1.93. The molecule has 0 aliphatic heterocycles. The number of nitrogens with one attached hydrogen (secondary N) is 2. The molecule has 0 radical (unpaired) electrons. The number of sulfonamides is 1. The Kier molecular flexibility index (Phi) is 3.70. The monoisotopic (exact) mass is 352 g/mol.